The van der Waals surface area contributed by atoms with Crippen molar-refractivity contribution in [1.29, 1.82) is 0 Å². The maximum atomic E-state index is 12.0. The Bertz CT molecular complexity index is 856. The average molecular weight is 411 g/mol. The van der Waals surface area contributed by atoms with Gasteiger partial charge in [0.25, 0.3) is 0 Å². The van der Waals surface area contributed by atoms with Crippen LogP contribution in [0.2, 0.25) is 10.0 Å². The third-order valence-electron chi connectivity index (χ3n) is 3.25. The fraction of sp³-hybridized carbons (Fsp3) is 0.111. The summed E-state index contributed by atoms with van der Waals surface area (Å²) in [4.78, 5) is 12.0. The van der Waals surface area contributed by atoms with E-state index in [0.717, 1.165) is 5.56 Å². The third-order valence-corrected chi connectivity index (χ3v) is 4.00. The van der Waals surface area contributed by atoms with Crippen molar-refractivity contribution >= 4 is 58.2 Å². The standard InChI is InChI=1S/C18H16Cl2N2O3S/c1-24-15-7-3-11(9-16(15)25-2)4-8-17(23)22-18(26)21-14-6-5-12(19)10-13(14)20/h3-10H,1-2H3,(H2,21,22,23,26). The molecule has 0 atom stereocenters. The minimum Gasteiger partial charge on any atom is -0.493 e. The van der Waals surface area contributed by atoms with Crippen LogP contribution in [0.15, 0.2) is 42.5 Å². The number of methoxy groups -OCH3 is 2. The molecule has 2 rings (SSSR count). The summed E-state index contributed by atoms with van der Waals surface area (Å²) in [5.74, 6) is 0.798. The molecule has 0 bridgehead atoms. The average Bonchev–Trinajstić information content (AvgIpc) is 2.62. The molecule has 0 saturated heterocycles. The van der Waals surface area contributed by atoms with Crippen LogP contribution in [-0.2, 0) is 4.79 Å². The zero-order chi connectivity index (χ0) is 19.1. The molecular weight excluding hydrogens is 395 g/mol. The number of rotatable bonds is 5. The van der Waals surface area contributed by atoms with Gasteiger partial charge in [0.15, 0.2) is 16.6 Å². The van der Waals surface area contributed by atoms with E-state index in [1.807, 2.05) is 0 Å². The summed E-state index contributed by atoms with van der Waals surface area (Å²) in [6.45, 7) is 0. The van der Waals surface area contributed by atoms with Crippen molar-refractivity contribution in [1.82, 2.24) is 5.32 Å². The van der Waals surface area contributed by atoms with Crippen LogP contribution < -0.4 is 20.1 Å². The summed E-state index contributed by atoms with van der Waals surface area (Å²) < 4.78 is 10.4. The highest BCUT2D eigenvalue weighted by Crippen LogP contribution is 2.28. The largest absolute Gasteiger partial charge is 0.493 e. The van der Waals surface area contributed by atoms with Crippen LogP contribution in [0.5, 0.6) is 11.5 Å². The fourth-order valence-electron chi connectivity index (χ4n) is 2.03. The van der Waals surface area contributed by atoms with Crippen molar-refractivity contribution in [3.8, 4) is 11.5 Å². The molecule has 0 heterocycles. The van der Waals surface area contributed by atoms with Gasteiger partial charge >= 0.3 is 0 Å². The topological polar surface area (TPSA) is 59.6 Å². The second kappa shape index (κ2) is 9.43. The highest BCUT2D eigenvalue weighted by Gasteiger charge is 2.06. The molecule has 0 aliphatic carbocycles. The second-order valence-corrected chi connectivity index (χ2v) is 6.27. The predicted molar refractivity (Wildman–Crippen MR) is 109 cm³/mol. The normalized spacial score (nSPS) is 10.5. The van der Waals surface area contributed by atoms with Gasteiger partial charge in [-0.3, -0.25) is 10.1 Å². The van der Waals surface area contributed by atoms with E-state index in [4.69, 9.17) is 44.9 Å². The molecular formula is C18H16Cl2N2O3S. The molecule has 0 aliphatic rings. The first-order valence-electron chi connectivity index (χ1n) is 7.40. The van der Waals surface area contributed by atoms with Gasteiger partial charge in [-0.05, 0) is 54.2 Å². The number of amides is 1. The lowest BCUT2D eigenvalue weighted by molar-refractivity contribution is -0.115. The van der Waals surface area contributed by atoms with Gasteiger partial charge in [-0.25, -0.2) is 0 Å². The van der Waals surface area contributed by atoms with E-state index >= 15 is 0 Å². The highest BCUT2D eigenvalue weighted by molar-refractivity contribution is 7.80. The van der Waals surface area contributed by atoms with Crippen LogP contribution in [-0.4, -0.2) is 25.2 Å². The molecule has 26 heavy (non-hydrogen) atoms. The second-order valence-electron chi connectivity index (χ2n) is 5.02. The number of thiocarbonyl (C=S) groups is 1. The first-order chi connectivity index (χ1) is 12.4. The van der Waals surface area contributed by atoms with Gasteiger partial charge in [0, 0.05) is 11.1 Å². The summed E-state index contributed by atoms with van der Waals surface area (Å²) >= 11 is 17.0. The Balaban J connectivity index is 1.97. The quantitative estimate of drug-likeness (QED) is 0.559. The van der Waals surface area contributed by atoms with Gasteiger partial charge < -0.3 is 14.8 Å². The van der Waals surface area contributed by atoms with Crippen LogP contribution in [0, 0.1) is 0 Å². The lowest BCUT2D eigenvalue weighted by Crippen LogP contribution is -2.32. The molecule has 2 aromatic carbocycles. The maximum absolute atomic E-state index is 12.0. The lowest BCUT2D eigenvalue weighted by atomic mass is 10.2. The number of benzene rings is 2. The Morgan fingerprint density at radius 3 is 2.46 bits per heavy atom. The van der Waals surface area contributed by atoms with E-state index < -0.39 is 0 Å². The number of hydrogen-bond donors (Lipinski definition) is 2. The van der Waals surface area contributed by atoms with Crippen molar-refractivity contribution in [2.24, 2.45) is 0 Å². The summed E-state index contributed by atoms with van der Waals surface area (Å²) in [7, 11) is 3.10. The van der Waals surface area contributed by atoms with Gasteiger partial charge in [0.2, 0.25) is 5.91 Å². The smallest absolute Gasteiger partial charge is 0.250 e. The molecule has 0 aliphatic heterocycles. The minimum absolute atomic E-state index is 0.121. The van der Waals surface area contributed by atoms with E-state index in [9.17, 15) is 4.79 Å². The van der Waals surface area contributed by atoms with Gasteiger partial charge in [-0.1, -0.05) is 29.3 Å². The Morgan fingerprint density at radius 1 is 1.08 bits per heavy atom. The predicted octanol–water partition coefficient (Wildman–Crippen LogP) is 4.54. The lowest BCUT2D eigenvalue weighted by Gasteiger charge is -2.10. The number of nitrogens with one attached hydrogen (secondary N) is 2. The number of ether oxygens (including phenoxy) is 2. The molecule has 0 aromatic heterocycles. The van der Waals surface area contributed by atoms with E-state index in [-0.39, 0.29) is 11.0 Å². The summed E-state index contributed by atoms with van der Waals surface area (Å²) in [6, 6.07) is 10.2. The van der Waals surface area contributed by atoms with Gasteiger partial charge in [0.05, 0.1) is 24.9 Å². The SMILES string of the molecule is COc1ccc(C=CC(=O)NC(=S)Nc2ccc(Cl)cc2Cl)cc1OC. The molecule has 1 amide bonds. The zero-order valence-electron chi connectivity index (χ0n) is 14.0. The third kappa shape index (κ3) is 5.62. The van der Waals surface area contributed by atoms with Gasteiger partial charge in [-0.15, -0.1) is 0 Å². The Kier molecular flexibility index (Phi) is 7.26. The van der Waals surface area contributed by atoms with Crippen molar-refractivity contribution in [3.05, 3.63) is 58.1 Å². The van der Waals surface area contributed by atoms with Crippen molar-refractivity contribution in [3.63, 3.8) is 0 Å². The zero-order valence-corrected chi connectivity index (χ0v) is 16.3. The van der Waals surface area contributed by atoms with Crippen molar-refractivity contribution < 1.29 is 14.3 Å². The summed E-state index contributed by atoms with van der Waals surface area (Å²) in [5, 5.41) is 6.40. The van der Waals surface area contributed by atoms with Gasteiger partial charge in [-0.2, -0.15) is 0 Å². The Labute approximate surface area is 166 Å². The van der Waals surface area contributed by atoms with E-state index in [1.54, 1.807) is 56.7 Å². The van der Waals surface area contributed by atoms with Crippen LogP contribution in [0.4, 0.5) is 5.69 Å². The molecule has 0 unspecified atom stereocenters. The summed E-state index contributed by atoms with van der Waals surface area (Å²) in [6.07, 6.45) is 2.99. The molecule has 0 saturated carbocycles. The van der Waals surface area contributed by atoms with Crippen molar-refractivity contribution in [2.75, 3.05) is 19.5 Å². The maximum Gasteiger partial charge on any atom is 0.250 e. The molecule has 2 aromatic rings. The Morgan fingerprint density at radius 2 is 1.81 bits per heavy atom. The number of carbonyl (C=O) groups is 1. The first kappa shape index (κ1) is 20.0. The molecule has 136 valence electrons. The van der Waals surface area contributed by atoms with Crippen LogP contribution in [0.1, 0.15) is 5.56 Å². The number of anilines is 1. The fourth-order valence-corrected chi connectivity index (χ4v) is 2.69. The van der Waals surface area contributed by atoms with Crippen LogP contribution >= 0.6 is 35.4 Å². The Hall–Kier alpha value is -2.28. The number of halogens is 2. The summed E-state index contributed by atoms with van der Waals surface area (Å²) in [5.41, 5.74) is 1.32. The molecule has 8 heteroatoms. The minimum atomic E-state index is -0.387. The van der Waals surface area contributed by atoms with Crippen LogP contribution in [0.3, 0.4) is 0 Å². The number of carbonyl (C=O) groups excluding carboxylic acids is 1. The highest BCUT2D eigenvalue weighted by atomic mass is 35.5. The molecule has 0 radical (unpaired) electrons. The van der Waals surface area contributed by atoms with E-state index in [0.29, 0.717) is 27.2 Å². The van der Waals surface area contributed by atoms with E-state index in [1.165, 1.54) is 6.08 Å². The molecule has 0 spiro atoms. The van der Waals surface area contributed by atoms with Gasteiger partial charge in [0.1, 0.15) is 0 Å². The molecule has 0 fully saturated rings. The van der Waals surface area contributed by atoms with Crippen molar-refractivity contribution in [2.45, 2.75) is 0 Å². The number of hydrogen-bond acceptors (Lipinski definition) is 4. The van der Waals surface area contributed by atoms with Crippen LogP contribution in [0.25, 0.3) is 6.08 Å². The molecule has 5 nitrogen and oxygen atoms in total. The van der Waals surface area contributed by atoms with E-state index in [2.05, 4.69) is 10.6 Å². The molecule has 2 N–H and O–H groups in total. The monoisotopic (exact) mass is 410 g/mol. The first-order valence-corrected chi connectivity index (χ1v) is 8.56.